The molecular formula is C4H7FO2. The second-order valence-corrected chi connectivity index (χ2v) is 0.998. The van der Waals surface area contributed by atoms with E-state index in [1.807, 2.05) is 0 Å². The lowest BCUT2D eigenvalue weighted by atomic mass is 10.5. The van der Waals surface area contributed by atoms with Crippen LogP contribution < -0.4 is 0 Å². The first kappa shape index (κ1) is 2.64. The summed E-state index contributed by atoms with van der Waals surface area (Å²) in [5.74, 6) is 0. The van der Waals surface area contributed by atoms with Crippen LogP contribution in [-0.2, 0) is 4.74 Å². The molecular weight excluding hydrogens is 99.0 g/mol. The van der Waals surface area contributed by atoms with Gasteiger partial charge in [-0.3, -0.25) is 0 Å². The lowest BCUT2D eigenvalue weighted by molar-refractivity contribution is 0.0920. The second-order valence-electron chi connectivity index (χ2n) is 0.998. The molecule has 1 atom stereocenters. The molecule has 0 saturated heterocycles. The van der Waals surface area contributed by atoms with Crippen LogP contribution >= 0.6 is 0 Å². The largest absolute Gasteiger partial charge is 0.495 e. The van der Waals surface area contributed by atoms with Crippen LogP contribution in [0.1, 0.15) is 17.9 Å². The van der Waals surface area contributed by atoms with E-state index in [9.17, 15) is 9.18 Å². The van der Waals surface area contributed by atoms with Crippen molar-refractivity contribution in [1.82, 2.24) is 0 Å². The molecule has 0 aliphatic carbocycles. The first-order chi connectivity index (χ1) is 4.34. The summed E-state index contributed by atoms with van der Waals surface area (Å²) >= 11 is 0. The first-order valence-corrected chi connectivity index (χ1v) is 1.70. The highest BCUT2D eigenvalue weighted by atomic mass is 19.1. The van der Waals surface area contributed by atoms with Crippen LogP contribution in [-0.4, -0.2) is 12.3 Å². The fraction of sp³-hybridized carbons (Fsp3) is 0.750. The molecule has 0 aromatic heterocycles. The predicted octanol–water partition coefficient (Wildman–Crippen LogP) is 1.50. The highest BCUT2D eigenvalue weighted by Crippen LogP contribution is 1.89. The normalized spacial score (nSPS) is 21.1. The summed E-state index contributed by atoms with van der Waals surface area (Å²) in [6.45, 7) is -1.34. The van der Waals surface area contributed by atoms with Gasteiger partial charge in [-0.2, -0.15) is 0 Å². The average Bonchev–Trinajstić information content (AvgIpc) is 1.60. The van der Waals surface area contributed by atoms with Gasteiger partial charge < -0.3 is 4.74 Å². The lowest BCUT2D eigenvalue weighted by Gasteiger charge is -1.98. The van der Waals surface area contributed by atoms with Crippen molar-refractivity contribution in [3.8, 4) is 0 Å². The van der Waals surface area contributed by atoms with E-state index in [4.69, 9.17) is 4.11 Å². The molecule has 3 heteroatoms. The maximum Gasteiger partial charge on any atom is 0.495 e. The Morgan fingerprint density at radius 3 is 2.86 bits per heavy atom. The Bertz CT molecular complexity index is 133. The van der Waals surface area contributed by atoms with Gasteiger partial charge in [0.15, 0.2) is 0 Å². The van der Waals surface area contributed by atoms with Gasteiger partial charge in [0.05, 0.1) is 6.10 Å². The van der Waals surface area contributed by atoms with Crippen molar-refractivity contribution in [3.05, 3.63) is 0 Å². The predicted molar refractivity (Wildman–Crippen MR) is 22.7 cm³/mol. The smallest absolute Gasteiger partial charge is 0.438 e. The Morgan fingerprint density at radius 1 is 2.14 bits per heavy atom. The summed E-state index contributed by atoms with van der Waals surface area (Å²) in [5.41, 5.74) is 0. The van der Waals surface area contributed by atoms with Gasteiger partial charge in [-0.05, 0) is 13.8 Å². The molecule has 0 bridgehead atoms. The lowest BCUT2D eigenvalue weighted by Crippen LogP contribution is -2.03. The molecule has 0 radical (unpaired) electrons. The van der Waals surface area contributed by atoms with Crippen LogP contribution in [0.2, 0.25) is 0 Å². The summed E-state index contributed by atoms with van der Waals surface area (Å²) in [6, 6.07) is 0. The minimum Gasteiger partial charge on any atom is -0.438 e. The van der Waals surface area contributed by atoms with Crippen molar-refractivity contribution in [2.75, 3.05) is 0 Å². The number of carbonyl (C=O) groups excluding carboxylic acids is 1. The van der Waals surface area contributed by atoms with E-state index < -0.39 is 19.2 Å². The molecule has 0 saturated carbocycles. The molecule has 0 heterocycles. The van der Waals surface area contributed by atoms with E-state index in [0.717, 1.165) is 6.92 Å². The standard InChI is InChI=1S/C4H7FO2/c1-3(2)7-4(5)6/h3H,1-2H3/i1D3. The molecule has 7 heavy (non-hydrogen) atoms. The average molecular weight is 109 g/mol. The van der Waals surface area contributed by atoms with E-state index in [1.54, 1.807) is 0 Å². The number of halogens is 1. The number of carbonyl (C=O) groups is 1. The Kier molecular flexibility index (Phi) is 0.964. The molecule has 2 nitrogen and oxygen atoms in total. The summed E-state index contributed by atoms with van der Waals surface area (Å²) in [5, 5.41) is 0. The Labute approximate surface area is 45.5 Å². The zero-order chi connectivity index (χ0) is 8.36. The highest BCUT2D eigenvalue weighted by Gasteiger charge is 1.98. The fourth-order valence-electron chi connectivity index (χ4n) is 0.139. The third-order valence-corrected chi connectivity index (χ3v) is 0.269. The number of hydrogen-bond donors (Lipinski definition) is 0. The number of hydrogen-bond acceptors (Lipinski definition) is 2. The second kappa shape index (κ2) is 2.55. The summed E-state index contributed by atoms with van der Waals surface area (Å²) in [4.78, 5) is 9.56. The van der Waals surface area contributed by atoms with Gasteiger partial charge in [0.2, 0.25) is 0 Å². The molecule has 0 aromatic carbocycles. The zero-order valence-electron chi connectivity index (χ0n) is 6.77. The first-order valence-electron chi connectivity index (χ1n) is 3.20. The Hall–Kier alpha value is -0.600. The number of ether oxygens (including phenoxy) is 1. The van der Waals surface area contributed by atoms with Crippen LogP contribution in [0.4, 0.5) is 9.18 Å². The monoisotopic (exact) mass is 109 g/mol. The van der Waals surface area contributed by atoms with Crippen LogP contribution in [0.15, 0.2) is 0 Å². The summed E-state index contributed by atoms with van der Waals surface area (Å²) in [6.07, 6.45) is -3.45. The minimum atomic E-state index is -2.44. The molecule has 1 unspecified atom stereocenters. The van der Waals surface area contributed by atoms with E-state index in [0.29, 0.717) is 0 Å². The third-order valence-electron chi connectivity index (χ3n) is 0.269. The molecule has 0 aliphatic rings. The van der Waals surface area contributed by atoms with Gasteiger partial charge in [0.25, 0.3) is 0 Å². The van der Waals surface area contributed by atoms with Gasteiger partial charge in [-0.25, -0.2) is 4.79 Å². The SMILES string of the molecule is [2H]C([2H])([2H])C(C)OC(=O)F. The van der Waals surface area contributed by atoms with E-state index in [2.05, 4.69) is 4.74 Å². The Balaban J connectivity index is 3.85. The van der Waals surface area contributed by atoms with Crippen LogP contribution in [0.25, 0.3) is 0 Å². The third kappa shape index (κ3) is 5.40. The molecule has 42 valence electrons. The zero-order valence-corrected chi connectivity index (χ0v) is 3.77. The molecule has 0 aromatic rings. The van der Waals surface area contributed by atoms with Gasteiger partial charge >= 0.3 is 6.22 Å². The quantitative estimate of drug-likeness (QED) is 0.477. The van der Waals surface area contributed by atoms with Crippen molar-refractivity contribution in [1.29, 1.82) is 0 Å². The van der Waals surface area contributed by atoms with Crippen molar-refractivity contribution >= 4 is 6.22 Å². The number of rotatable bonds is 1. The van der Waals surface area contributed by atoms with Crippen molar-refractivity contribution in [2.45, 2.75) is 19.9 Å². The van der Waals surface area contributed by atoms with E-state index >= 15 is 0 Å². The molecule has 0 N–H and O–H groups in total. The van der Waals surface area contributed by atoms with Crippen LogP contribution in [0, 0.1) is 0 Å². The summed E-state index contributed by atoms with van der Waals surface area (Å²) in [7, 11) is 0. The Morgan fingerprint density at radius 2 is 2.71 bits per heavy atom. The van der Waals surface area contributed by atoms with Gasteiger partial charge in [-0.1, -0.05) is 0 Å². The van der Waals surface area contributed by atoms with Crippen LogP contribution in [0.3, 0.4) is 0 Å². The van der Waals surface area contributed by atoms with E-state index in [1.165, 1.54) is 0 Å². The fourth-order valence-corrected chi connectivity index (χ4v) is 0.139. The molecule has 0 aliphatic heterocycles. The topological polar surface area (TPSA) is 26.3 Å². The molecule has 0 amide bonds. The van der Waals surface area contributed by atoms with Gasteiger partial charge in [0.1, 0.15) is 0 Å². The maximum atomic E-state index is 11.4. The molecule has 0 spiro atoms. The van der Waals surface area contributed by atoms with Crippen molar-refractivity contribution in [2.24, 2.45) is 0 Å². The van der Waals surface area contributed by atoms with Gasteiger partial charge in [0, 0.05) is 4.11 Å². The summed E-state index contributed by atoms with van der Waals surface area (Å²) < 4.78 is 35.0. The van der Waals surface area contributed by atoms with Crippen molar-refractivity contribution in [3.63, 3.8) is 0 Å². The van der Waals surface area contributed by atoms with Crippen molar-refractivity contribution < 1.29 is 18.0 Å². The minimum absolute atomic E-state index is 1.10. The molecule has 0 rings (SSSR count). The van der Waals surface area contributed by atoms with E-state index in [-0.39, 0.29) is 0 Å². The van der Waals surface area contributed by atoms with Gasteiger partial charge in [-0.15, -0.1) is 4.39 Å². The molecule has 0 fully saturated rings. The van der Waals surface area contributed by atoms with Crippen LogP contribution in [0.5, 0.6) is 0 Å². The maximum absolute atomic E-state index is 11.4. The highest BCUT2D eigenvalue weighted by molar-refractivity contribution is 5.58.